The molecule has 194 valence electrons. The van der Waals surface area contributed by atoms with Crippen LogP contribution in [0.2, 0.25) is 0 Å². The van der Waals surface area contributed by atoms with E-state index in [-0.39, 0.29) is 6.42 Å². The molecule has 4 rings (SSSR count). The lowest BCUT2D eigenvalue weighted by Crippen LogP contribution is -2.58. The van der Waals surface area contributed by atoms with E-state index in [2.05, 4.69) is 5.32 Å². The first-order valence-electron chi connectivity index (χ1n) is 12.0. The standard InChI is InChI=1S/C30H28N2O6/c31-29(38)32-26(28(36)37)30(18-25(33)27(34)35,17-19-6-2-1-3-7-19)24-14-12-21(13-15-24)23-11-10-20-8-4-5-9-22(20)16-23/h1-16,25-26,33H,17-18H2,(H,34,35)(H,36,37)(H3,31,32,38). The van der Waals surface area contributed by atoms with Crippen LogP contribution in [0.25, 0.3) is 21.9 Å². The lowest BCUT2D eigenvalue weighted by Gasteiger charge is -2.40. The number of hydrogen-bond donors (Lipinski definition) is 5. The van der Waals surface area contributed by atoms with Crippen LogP contribution in [0.3, 0.4) is 0 Å². The number of carbonyl (C=O) groups excluding carboxylic acids is 1. The number of urea groups is 1. The summed E-state index contributed by atoms with van der Waals surface area (Å²) in [6.07, 6.45) is -2.36. The summed E-state index contributed by atoms with van der Waals surface area (Å²) in [7, 11) is 0. The van der Waals surface area contributed by atoms with Gasteiger partial charge in [0.25, 0.3) is 0 Å². The van der Waals surface area contributed by atoms with Crippen LogP contribution in [0, 0.1) is 0 Å². The van der Waals surface area contributed by atoms with Crippen molar-refractivity contribution >= 4 is 28.7 Å². The van der Waals surface area contributed by atoms with Crippen LogP contribution in [0.4, 0.5) is 4.79 Å². The Morgan fingerprint density at radius 3 is 1.97 bits per heavy atom. The Morgan fingerprint density at radius 1 is 0.763 bits per heavy atom. The number of aliphatic carboxylic acids is 2. The first kappa shape index (κ1) is 26.4. The van der Waals surface area contributed by atoms with Crippen molar-refractivity contribution < 1.29 is 29.7 Å². The van der Waals surface area contributed by atoms with Gasteiger partial charge in [0.15, 0.2) is 6.10 Å². The minimum Gasteiger partial charge on any atom is -0.480 e. The molecule has 8 heteroatoms. The summed E-state index contributed by atoms with van der Waals surface area (Å²) in [6.45, 7) is 0. The van der Waals surface area contributed by atoms with Crippen molar-refractivity contribution in [2.45, 2.75) is 30.4 Å². The van der Waals surface area contributed by atoms with Crippen molar-refractivity contribution in [3.8, 4) is 11.1 Å². The summed E-state index contributed by atoms with van der Waals surface area (Å²) in [4.78, 5) is 36.1. The van der Waals surface area contributed by atoms with E-state index < -0.39 is 42.0 Å². The third-order valence-corrected chi connectivity index (χ3v) is 6.83. The Bertz CT molecular complexity index is 1450. The average Bonchev–Trinajstić information content (AvgIpc) is 2.91. The maximum atomic E-state index is 12.5. The number of benzene rings is 4. The van der Waals surface area contributed by atoms with Gasteiger partial charge in [0, 0.05) is 5.41 Å². The molecule has 4 aromatic rings. The third-order valence-electron chi connectivity index (χ3n) is 6.83. The molecule has 2 amide bonds. The monoisotopic (exact) mass is 512 g/mol. The second kappa shape index (κ2) is 11.1. The van der Waals surface area contributed by atoms with Gasteiger partial charge in [0.1, 0.15) is 6.04 Å². The maximum absolute atomic E-state index is 12.5. The van der Waals surface area contributed by atoms with Crippen LogP contribution in [0.1, 0.15) is 17.5 Å². The van der Waals surface area contributed by atoms with E-state index in [1.165, 1.54) is 0 Å². The number of hydrogen-bond acceptors (Lipinski definition) is 4. The average molecular weight is 513 g/mol. The van der Waals surface area contributed by atoms with E-state index in [4.69, 9.17) is 5.73 Å². The molecule has 0 aliphatic carbocycles. The minimum absolute atomic E-state index is 0.0186. The molecule has 0 aliphatic heterocycles. The molecule has 8 nitrogen and oxygen atoms in total. The van der Waals surface area contributed by atoms with Crippen LogP contribution in [-0.4, -0.2) is 45.4 Å². The fraction of sp³-hybridized carbons (Fsp3) is 0.167. The molecule has 4 aromatic carbocycles. The fourth-order valence-electron chi connectivity index (χ4n) is 5.01. The molecule has 0 bridgehead atoms. The zero-order valence-electron chi connectivity index (χ0n) is 20.5. The number of fused-ring (bicyclic) bond motifs is 1. The van der Waals surface area contributed by atoms with Crippen LogP contribution < -0.4 is 11.1 Å². The zero-order valence-corrected chi connectivity index (χ0v) is 20.5. The molecule has 3 unspecified atom stereocenters. The topological polar surface area (TPSA) is 150 Å². The number of carboxylic acid groups (broad SMARTS) is 2. The molecule has 0 fully saturated rings. The fourth-order valence-corrected chi connectivity index (χ4v) is 5.01. The van der Waals surface area contributed by atoms with Gasteiger partial charge in [-0.1, -0.05) is 91.0 Å². The number of rotatable bonds is 10. The molecule has 0 heterocycles. The highest BCUT2D eigenvalue weighted by molar-refractivity contribution is 5.87. The van der Waals surface area contributed by atoms with Gasteiger partial charge in [-0.3, -0.25) is 0 Å². The van der Waals surface area contributed by atoms with E-state index in [9.17, 15) is 29.7 Å². The molecule has 0 aliphatic rings. The summed E-state index contributed by atoms with van der Waals surface area (Å²) < 4.78 is 0. The summed E-state index contributed by atoms with van der Waals surface area (Å²) in [5, 5.41) is 34.6. The SMILES string of the molecule is NC(=O)NC(C(=O)O)C(Cc1ccccc1)(CC(O)C(=O)O)c1ccc(-c2ccc3ccccc3c2)cc1. The first-order valence-corrected chi connectivity index (χ1v) is 12.0. The number of nitrogens with one attached hydrogen (secondary N) is 1. The predicted molar refractivity (Wildman–Crippen MR) is 144 cm³/mol. The highest BCUT2D eigenvalue weighted by Crippen LogP contribution is 2.39. The van der Waals surface area contributed by atoms with Crippen LogP contribution in [0.15, 0.2) is 97.1 Å². The highest BCUT2D eigenvalue weighted by Gasteiger charge is 2.48. The van der Waals surface area contributed by atoms with E-state index in [1.807, 2.05) is 54.6 Å². The molecule has 0 spiro atoms. The van der Waals surface area contributed by atoms with Gasteiger partial charge < -0.3 is 26.4 Å². The molecule has 38 heavy (non-hydrogen) atoms. The predicted octanol–water partition coefficient (Wildman–Crippen LogP) is 3.94. The van der Waals surface area contributed by atoms with Crippen LogP contribution >= 0.6 is 0 Å². The van der Waals surface area contributed by atoms with Crippen molar-refractivity contribution in [1.29, 1.82) is 0 Å². The van der Waals surface area contributed by atoms with Crippen molar-refractivity contribution in [1.82, 2.24) is 5.32 Å². The second-order valence-corrected chi connectivity index (χ2v) is 9.30. The first-order chi connectivity index (χ1) is 18.2. The second-order valence-electron chi connectivity index (χ2n) is 9.30. The number of aliphatic hydroxyl groups excluding tert-OH is 1. The summed E-state index contributed by atoms with van der Waals surface area (Å²) >= 11 is 0. The molecule has 6 N–H and O–H groups in total. The van der Waals surface area contributed by atoms with Gasteiger partial charge in [-0.2, -0.15) is 0 Å². The largest absolute Gasteiger partial charge is 0.480 e. The van der Waals surface area contributed by atoms with Gasteiger partial charge >= 0.3 is 18.0 Å². The quantitative estimate of drug-likeness (QED) is 0.217. The molecular formula is C30H28N2O6. The van der Waals surface area contributed by atoms with E-state index >= 15 is 0 Å². The van der Waals surface area contributed by atoms with Crippen LogP contribution in [0.5, 0.6) is 0 Å². The van der Waals surface area contributed by atoms with E-state index in [0.29, 0.717) is 11.1 Å². The number of primary amides is 1. The van der Waals surface area contributed by atoms with Gasteiger partial charge in [-0.25, -0.2) is 14.4 Å². The summed E-state index contributed by atoms with van der Waals surface area (Å²) in [6, 6.07) is 27.2. The van der Waals surface area contributed by atoms with Gasteiger partial charge in [0.05, 0.1) is 0 Å². The van der Waals surface area contributed by atoms with Crippen molar-refractivity contribution in [2.75, 3.05) is 0 Å². The van der Waals surface area contributed by atoms with E-state index in [0.717, 1.165) is 21.9 Å². The summed E-state index contributed by atoms with van der Waals surface area (Å²) in [5.41, 5.74) is 6.73. The number of carbonyl (C=O) groups is 3. The van der Waals surface area contributed by atoms with Crippen LogP contribution in [-0.2, 0) is 21.4 Å². The molecule has 0 saturated carbocycles. The van der Waals surface area contributed by atoms with Gasteiger partial charge in [-0.15, -0.1) is 0 Å². The Hall–Kier alpha value is -4.69. The third kappa shape index (κ3) is 5.66. The number of carboxylic acids is 2. The Morgan fingerprint density at radius 2 is 1.37 bits per heavy atom. The molecule has 0 saturated heterocycles. The van der Waals surface area contributed by atoms with Crippen molar-refractivity contribution in [3.05, 3.63) is 108 Å². The van der Waals surface area contributed by atoms with Gasteiger partial charge in [0.2, 0.25) is 0 Å². The van der Waals surface area contributed by atoms with Crippen molar-refractivity contribution in [2.24, 2.45) is 5.73 Å². The molecular weight excluding hydrogens is 484 g/mol. The number of amides is 2. The molecule has 3 atom stereocenters. The van der Waals surface area contributed by atoms with E-state index in [1.54, 1.807) is 42.5 Å². The summed E-state index contributed by atoms with van der Waals surface area (Å²) in [5.74, 6) is -2.91. The smallest absolute Gasteiger partial charge is 0.332 e. The Balaban J connectivity index is 1.86. The normalized spacial score (nSPS) is 14.2. The molecule has 0 radical (unpaired) electrons. The maximum Gasteiger partial charge on any atom is 0.332 e. The zero-order chi connectivity index (χ0) is 27.3. The lowest BCUT2D eigenvalue weighted by atomic mass is 9.66. The minimum atomic E-state index is -1.89. The lowest BCUT2D eigenvalue weighted by molar-refractivity contribution is -0.150. The van der Waals surface area contributed by atoms with Crippen molar-refractivity contribution in [3.63, 3.8) is 0 Å². The van der Waals surface area contributed by atoms with Gasteiger partial charge in [-0.05, 0) is 51.9 Å². The Kier molecular flexibility index (Phi) is 7.74. The molecule has 0 aromatic heterocycles. The highest BCUT2D eigenvalue weighted by atomic mass is 16.4. The Labute approximate surface area is 219 Å². The number of aliphatic hydroxyl groups is 1. The number of nitrogens with two attached hydrogens (primary N) is 1.